The van der Waals surface area contributed by atoms with Gasteiger partial charge in [-0.25, -0.2) is 4.79 Å². The number of esters is 1. The van der Waals surface area contributed by atoms with Crippen LogP contribution in [-0.2, 0) is 14.3 Å². The van der Waals surface area contributed by atoms with Crippen molar-refractivity contribution in [3.05, 3.63) is 57.4 Å². The van der Waals surface area contributed by atoms with Crippen LogP contribution in [0.4, 0.5) is 0 Å². The Morgan fingerprint density at radius 1 is 1.24 bits per heavy atom. The van der Waals surface area contributed by atoms with Crippen LogP contribution in [0.1, 0.15) is 51.5 Å². The highest BCUT2D eigenvalue weighted by molar-refractivity contribution is 6.30. The largest absolute Gasteiger partial charge is 0.460 e. The first-order chi connectivity index (χ1) is 11.9. The molecule has 3 rings (SSSR count). The second-order valence-corrected chi connectivity index (χ2v) is 7.21. The van der Waals surface area contributed by atoms with Crippen molar-refractivity contribution in [1.29, 1.82) is 0 Å². The van der Waals surface area contributed by atoms with Gasteiger partial charge in [-0.05, 0) is 51.3 Å². The van der Waals surface area contributed by atoms with E-state index in [0.29, 0.717) is 22.6 Å². The van der Waals surface area contributed by atoms with Crippen molar-refractivity contribution >= 4 is 23.4 Å². The van der Waals surface area contributed by atoms with Crippen LogP contribution in [0, 0.1) is 0 Å². The molecule has 1 atom stereocenters. The average molecular weight is 360 g/mol. The van der Waals surface area contributed by atoms with E-state index in [-0.39, 0.29) is 17.9 Å². The summed E-state index contributed by atoms with van der Waals surface area (Å²) in [5.74, 6) is -0.700. The maximum atomic E-state index is 12.8. The van der Waals surface area contributed by atoms with Crippen LogP contribution in [0.25, 0.3) is 0 Å². The zero-order valence-corrected chi connectivity index (χ0v) is 15.4. The molecular weight excluding hydrogens is 338 g/mol. The van der Waals surface area contributed by atoms with Crippen LogP contribution in [0.5, 0.6) is 0 Å². The van der Waals surface area contributed by atoms with Crippen LogP contribution < -0.4 is 5.32 Å². The lowest BCUT2D eigenvalue weighted by molar-refractivity contribution is -0.143. The molecule has 2 aliphatic rings. The van der Waals surface area contributed by atoms with E-state index in [0.717, 1.165) is 29.8 Å². The number of ketones is 1. The predicted octanol–water partition coefficient (Wildman–Crippen LogP) is 4.26. The number of allylic oxidation sites excluding steroid dienone is 3. The second kappa shape index (κ2) is 7.04. The molecule has 1 aromatic carbocycles. The Hall–Kier alpha value is -2.07. The summed E-state index contributed by atoms with van der Waals surface area (Å²) in [6.07, 6.45) is 1.93. The molecule has 5 heteroatoms. The summed E-state index contributed by atoms with van der Waals surface area (Å²) in [4.78, 5) is 25.4. The fourth-order valence-corrected chi connectivity index (χ4v) is 3.65. The molecule has 0 bridgehead atoms. The lowest BCUT2D eigenvalue weighted by Crippen LogP contribution is -2.34. The summed E-state index contributed by atoms with van der Waals surface area (Å²) >= 11 is 6.02. The Morgan fingerprint density at radius 2 is 1.92 bits per heavy atom. The highest BCUT2D eigenvalue weighted by Crippen LogP contribution is 2.42. The van der Waals surface area contributed by atoms with E-state index in [4.69, 9.17) is 16.3 Å². The van der Waals surface area contributed by atoms with Crippen molar-refractivity contribution in [2.75, 3.05) is 0 Å². The minimum Gasteiger partial charge on any atom is -0.460 e. The van der Waals surface area contributed by atoms with Crippen LogP contribution in [0.3, 0.4) is 0 Å². The van der Waals surface area contributed by atoms with Crippen LogP contribution in [-0.4, -0.2) is 17.9 Å². The Morgan fingerprint density at radius 3 is 2.56 bits per heavy atom. The van der Waals surface area contributed by atoms with Gasteiger partial charge in [0.25, 0.3) is 0 Å². The van der Waals surface area contributed by atoms with E-state index in [9.17, 15) is 9.59 Å². The molecule has 0 unspecified atom stereocenters. The molecule has 0 amide bonds. The number of halogens is 1. The van der Waals surface area contributed by atoms with Gasteiger partial charge in [0.2, 0.25) is 0 Å². The number of carbonyl (C=O) groups is 2. The molecule has 1 heterocycles. The summed E-state index contributed by atoms with van der Waals surface area (Å²) in [5.41, 5.74) is 3.75. The van der Waals surface area contributed by atoms with E-state index in [1.165, 1.54) is 0 Å². The molecule has 132 valence electrons. The van der Waals surface area contributed by atoms with E-state index < -0.39 is 5.92 Å². The molecule has 0 fully saturated rings. The number of ether oxygens (including phenoxy) is 1. The van der Waals surface area contributed by atoms with Crippen LogP contribution >= 0.6 is 11.6 Å². The maximum absolute atomic E-state index is 12.8. The van der Waals surface area contributed by atoms with Crippen LogP contribution in [0.2, 0.25) is 5.02 Å². The van der Waals surface area contributed by atoms with Gasteiger partial charge in [0.1, 0.15) is 0 Å². The molecule has 1 aliphatic carbocycles. The van der Waals surface area contributed by atoms with Gasteiger partial charge in [0.05, 0.1) is 11.7 Å². The molecule has 0 aromatic heterocycles. The Labute approximate surface area is 152 Å². The number of hydrogen-bond acceptors (Lipinski definition) is 4. The molecule has 1 N–H and O–H groups in total. The van der Waals surface area contributed by atoms with Crippen LogP contribution in [0.15, 0.2) is 46.8 Å². The molecule has 0 saturated heterocycles. The van der Waals surface area contributed by atoms with Gasteiger partial charge in [0, 0.05) is 34.3 Å². The monoisotopic (exact) mass is 359 g/mol. The summed E-state index contributed by atoms with van der Waals surface area (Å²) in [7, 11) is 0. The molecule has 1 aromatic rings. The first-order valence-electron chi connectivity index (χ1n) is 8.59. The molecular formula is C20H22ClNO3. The minimum atomic E-state index is -0.410. The molecule has 0 radical (unpaired) electrons. The normalized spacial score (nSPS) is 20.5. The van der Waals surface area contributed by atoms with Crippen molar-refractivity contribution in [2.24, 2.45) is 0 Å². The fourth-order valence-electron chi connectivity index (χ4n) is 3.52. The van der Waals surface area contributed by atoms with Gasteiger partial charge in [-0.3, -0.25) is 4.79 Å². The second-order valence-electron chi connectivity index (χ2n) is 6.77. The van der Waals surface area contributed by atoms with Gasteiger partial charge in [0.15, 0.2) is 5.78 Å². The number of Topliss-reactive ketones (excluding diaryl/α,β-unsaturated/α-hetero) is 1. The number of nitrogens with one attached hydrogen (secondary N) is 1. The molecule has 25 heavy (non-hydrogen) atoms. The first-order valence-corrected chi connectivity index (χ1v) is 8.96. The van der Waals surface area contributed by atoms with Crippen molar-refractivity contribution in [1.82, 2.24) is 5.32 Å². The quantitative estimate of drug-likeness (QED) is 0.819. The van der Waals surface area contributed by atoms with Crippen molar-refractivity contribution in [3.63, 3.8) is 0 Å². The lowest BCUT2D eigenvalue weighted by atomic mass is 9.75. The zero-order chi connectivity index (χ0) is 18.1. The van der Waals surface area contributed by atoms with E-state index in [1.807, 2.05) is 32.9 Å². The SMILES string of the molecule is CC1=C(C(=O)OC(C)C)[C@@H](c2ccc(Cl)cc2)C2=C(CCCC2=O)N1. The number of benzene rings is 1. The van der Waals surface area contributed by atoms with E-state index >= 15 is 0 Å². The first kappa shape index (κ1) is 17.7. The van der Waals surface area contributed by atoms with Crippen molar-refractivity contribution < 1.29 is 14.3 Å². The van der Waals surface area contributed by atoms with Gasteiger partial charge in [-0.2, -0.15) is 0 Å². The smallest absolute Gasteiger partial charge is 0.337 e. The minimum absolute atomic E-state index is 0.0936. The Kier molecular flexibility index (Phi) is 5.00. The zero-order valence-electron chi connectivity index (χ0n) is 14.7. The van der Waals surface area contributed by atoms with E-state index in [1.54, 1.807) is 12.1 Å². The number of rotatable bonds is 3. The summed E-state index contributed by atoms with van der Waals surface area (Å²) in [5, 5.41) is 3.89. The lowest BCUT2D eigenvalue weighted by Gasteiger charge is -2.34. The number of dihydropyridines is 1. The third kappa shape index (κ3) is 3.49. The van der Waals surface area contributed by atoms with E-state index in [2.05, 4.69) is 5.32 Å². The highest BCUT2D eigenvalue weighted by atomic mass is 35.5. The van der Waals surface area contributed by atoms with Gasteiger partial charge in [-0.1, -0.05) is 23.7 Å². The third-order valence-corrected chi connectivity index (χ3v) is 4.79. The highest BCUT2D eigenvalue weighted by Gasteiger charge is 2.39. The standard InChI is InChI=1S/C20H22ClNO3/c1-11(2)25-20(24)17-12(3)22-15-5-4-6-16(23)19(15)18(17)13-7-9-14(21)10-8-13/h7-11,18,22H,4-6H2,1-3H3/t18-/m1/s1. The topological polar surface area (TPSA) is 55.4 Å². The summed E-state index contributed by atoms with van der Waals surface area (Å²) in [6, 6.07) is 7.32. The Balaban J connectivity index is 2.13. The van der Waals surface area contributed by atoms with Crippen molar-refractivity contribution in [3.8, 4) is 0 Å². The van der Waals surface area contributed by atoms with Crippen molar-refractivity contribution in [2.45, 2.75) is 52.1 Å². The molecule has 0 spiro atoms. The molecule has 1 aliphatic heterocycles. The molecule has 0 saturated carbocycles. The predicted molar refractivity (Wildman–Crippen MR) is 97.1 cm³/mol. The average Bonchev–Trinajstić information content (AvgIpc) is 2.53. The maximum Gasteiger partial charge on any atom is 0.337 e. The Bertz CT molecular complexity index is 775. The molecule has 4 nitrogen and oxygen atoms in total. The summed E-state index contributed by atoms with van der Waals surface area (Å²) in [6.45, 7) is 5.50. The number of hydrogen-bond donors (Lipinski definition) is 1. The fraction of sp³-hybridized carbons (Fsp3) is 0.400. The summed E-state index contributed by atoms with van der Waals surface area (Å²) < 4.78 is 5.45. The van der Waals surface area contributed by atoms with Gasteiger partial charge < -0.3 is 10.1 Å². The number of carbonyl (C=O) groups excluding carboxylic acids is 2. The van der Waals surface area contributed by atoms with Gasteiger partial charge in [-0.15, -0.1) is 0 Å². The third-order valence-electron chi connectivity index (χ3n) is 4.54. The van der Waals surface area contributed by atoms with Gasteiger partial charge >= 0.3 is 5.97 Å².